The summed E-state index contributed by atoms with van der Waals surface area (Å²) in [5, 5.41) is 9.43. The van der Waals surface area contributed by atoms with Crippen LogP contribution in [0.2, 0.25) is 0 Å². The molecule has 6 nitrogen and oxygen atoms in total. The van der Waals surface area contributed by atoms with Crippen molar-refractivity contribution < 1.29 is 14.3 Å². The summed E-state index contributed by atoms with van der Waals surface area (Å²) in [6, 6.07) is 7.33. The smallest absolute Gasteiger partial charge is 0.341 e. The van der Waals surface area contributed by atoms with E-state index in [1.54, 1.807) is 6.20 Å². The van der Waals surface area contributed by atoms with E-state index in [0.29, 0.717) is 29.9 Å². The molecule has 8 heteroatoms. The summed E-state index contributed by atoms with van der Waals surface area (Å²) in [7, 11) is 0. The summed E-state index contributed by atoms with van der Waals surface area (Å²) in [5.74, 6) is -1.35. The quantitative estimate of drug-likeness (QED) is 0.656. The largest absolute Gasteiger partial charge is 0.477 e. The number of anilines is 1. The van der Waals surface area contributed by atoms with Gasteiger partial charge in [0.1, 0.15) is 5.56 Å². The minimum Gasteiger partial charge on any atom is -0.477 e. The highest BCUT2D eigenvalue weighted by atomic mass is 35.5. The summed E-state index contributed by atoms with van der Waals surface area (Å²) >= 11 is 0. The maximum Gasteiger partial charge on any atom is 0.341 e. The van der Waals surface area contributed by atoms with Gasteiger partial charge in [0.2, 0.25) is 0 Å². The number of pyridine rings is 3. The number of carbonyl (C=O) groups is 1. The summed E-state index contributed by atoms with van der Waals surface area (Å²) in [5.41, 5.74) is 2.65. The van der Waals surface area contributed by atoms with Crippen LogP contribution in [0.4, 0.5) is 10.1 Å². The third-order valence-corrected chi connectivity index (χ3v) is 6.30. The van der Waals surface area contributed by atoms with Crippen molar-refractivity contribution in [3.8, 4) is 0 Å². The first-order chi connectivity index (χ1) is 14.5. The molecule has 1 saturated carbocycles. The number of hydrogen-bond donors (Lipinski definition) is 1. The summed E-state index contributed by atoms with van der Waals surface area (Å²) in [6.45, 7) is 3.18. The molecule has 0 spiro atoms. The Morgan fingerprint density at radius 1 is 1.23 bits per heavy atom. The van der Waals surface area contributed by atoms with Gasteiger partial charge in [-0.3, -0.25) is 14.2 Å². The van der Waals surface area contributed by atoms with E-state index in [1.807, 2.05) is 30.0 Å². The van der Waals surface area contributed by atoms with E-state index >= 15 is 4.39 Å². The molecule has 2 fully saturated rings. The van der Waals surface area contributed by atoms with Crippen molar-refractivity contribution in [1.29, 1.82) is 0 Å². The first-order valence-electron chi connectivity index (χ1n) is 10.2. The van der Waals surface area contributed by atoms with E-state index < -0.39 is 17.3 Å². The number of rotatable bonds is 4. The molecule has 1 saturated heterocycles. The molecule has 0 aromatic carbocycles. The van der Waals surface area contributed by atoms with Gasteiger partial charge in [0.25, 0.3) is 5.56 Å². The SMILES string of the molecule is Cc1c(N2CCC(c3ccccn3)C2)c(F)cn2c(=O)c(C(=O)O)cc(C3CC3)c12.Cl. The Bertz CT molecular complexity index is 1220. The Balaban J connectivity index is 0.00000231. The number of hydrogen-bond acceptors (Lipinski definition) is 4. The monoisotopic (exact) mass is 443 g/mol. The van der Waals surface area contributed by atoms with Crippen LogP contribution >= 0.6 is 12.4 Å². The molecule has 31 heavy (non-hydrogen) atoms. The third-order valence-electron chi connectivity index (χ3n) is 6.30. The number of carboxylic acids is 1. The highest BCUT2D eigenvalue weighted by Crippen LogP contribution is 2.44. The van der Waals surface area contributed by atoms with E-state index in [-0.39, 0.29) is 29.8 Å². The van der Waals surface area contributed by atoms with Crippen molar-refractivity contribution in [3.05, 3.63) is 75.2 Å². The van der Waals surface area contributed by atoms with Gasteiger partial charge >= 0.3 is 5.97 Å². The molecule has 0 bridgehead atoms. The highest BCUT2D eigenvalue weighted by Gasteiger charge is 2.32. The minimum absolute atomic E-state index is 0. The summed E-state index contributed by atoms with van der Waals surface area (Å²) in [4.78, 5) is 30.8. The molecule has 1 unspecified atom stereocenters. The van der Waals surface area contributed by atoms with Crippen molar-refractivity contribution in [2.45, 2.75) is 38.0 Å². The molecule has 4 heterocycles. The first kappa shape index (κ1) is 21.3. The molecule has 0 amide bonds. The zero-order chi connectivity index (χ0) is 21.0. The molecule has 3 aromatic heterocycles. The number of nitrogens with zero attached hydrogens (tertiary/aromatic N) is 3. The van der Waals surface area contributed by atoms with Crippen LogP contribution in [0, 0.1) is 12.7 Å². The maximum atomic E-state index is 15.3. The van der Waals surface area contributed by atoms with Crippen molar-refractivity contribution in [2.24, 2.45) is 0 Å². The van der Waals surface area contributed by atoms with Gasteiger partial charge < -0.3 is 10.0 Å². The summed E-state index contributed by atoms with van der Waals surface area (Å²) < 4.78 is 16.5. The first-order valence-corrected chi connectivity index (χ1v) is 10.2. The van der Waals surface area contributed by atoms with Crippen LogP contribution in [-0.4, -0.2) is 33.6 Å². The fourth-order valence-electron chi connectivity index (χ4n) is 4.71. The number of aromatic carboxylic acids is 1. The Hall–Kier alpha value is -2.93. The molecule has 5 rings (SSSR count). The lowest BCUT2D eigenvalue weighted by atomic mass is 10.0. The Morgan fingerprint density at radius 2 is 2.00 bits per heavy atom. The van der Waals surface area contributed by atoms with E-state index in [0.717, 1.165) is 36.7 Å². The Labute approximate surface area is 184 Å². The van der Waals surface area contributed by atoms with Crippen LogP contribution in [0.1, 0.15) is 58.3 Å². The van der Waals surface area contributed by atoms with E-state index in [4.69, 9.17) is 0 Å². The molecule has 1 aliphatic carbocycles. The average Bonchev–Trinajstić information content (AvgIpc) is 3.46. The number of aromatic nitrogens is 2. The van der Waals surface area contributed by atoms with Crippen molar-refractivity contribution in [3.63, 3.8) is 0 Å². The second-order valence-electron chi connectivity index (χ2n) is 8.25. The van der Waals surface area contributed by atoms with E-state index in [2.05, 4.69) is 4.98 Å². The molecule has 0 radical (unpaired) electrons. The van der Waals surface area contributed by atoms with Gasteiger partial charge in [0.15, 0.2) is 5.82 Å². The van der Waals surface area contributed by atoms with E-state index in [1.165, 1.54) is 10.5 Å². The Kier molecular flexibility index (Phi) is 5.47. The van der Waals surface area contributed by atoms with Gasteiger partial charge in [-0.15, -0.1) is 12.4 Å². The molecular weight excluding hydrogens is 421 g/mol. The van der Waals surface area contributed by atoms with Crippen LogP contribution in [-0.2, 0) is 0 Å². The van der Waals surface area contributed by atoms with Gasteiger partial charge in [0, 0.05) is 30.9 Å². The third kappa shape index (κ3) is 3.57. The molecule has 162 valence electrons. The van der Waals surface area contributed by atoms with Gasteiger partial charge in [-0.1, -0.05) is 6.07 Å². The predicted molar refractivity (Wildman–Crippen MR) is 118 cm³/mol. The average molecular weight is 444 g/mol. The molecule has 3 aromatic rings. The zero-order valence-electron chi connectivity index (χ0n) is 17.0. The standard InChI is InChI=1S/C23H22FN3O3.ClH/c1-13-20-16(14-5-6-14)10-17(23(29)30)22(28)27(20)12-18(24)21(13)26-9-7-15(11-26)19-4-2-3-8-25-19;/h2-4,8,10,12,14-15H,5-7,9,11H2,1H3,(H,29,30);1H. The lowest BCUT2D eigenvalue weighted by Gasteiger charge is -2.24. The van der Waals surface area contributed by atoms with Crippen LogP contribution < -0.4 is 10.5 Å². The van der Waals surface area contributed by atoms with Crippen LogP contribution in [0.3, 0.4) is 0 Å². The van der Waals surface area contributed by atoms with Crippen LogP contribution in [0.15, 0.2) is 41.5 Å². The minimum atomic E-state index is -1.28. The summed E-state index contributed by atoms with van der Waals surface area (Å²) in [6.07, 6.45) is 5.71. The second kappa shape index (κ2) is 7.96. The topological polar surface area (TPSA) is 74.9 Å². The molecule has 1 aliphatic heterocycles. The van der Waals surface area contributed by atoms with Crippen LogP contribution in [0.25, 0.3) is 5.52 Å². The fraction of sp³-hybridized carbons (Fsp3) is 0.348. The highest BCUT2D eigenvalue weighted by molar-refractivity contribution is 5.89. The molecule has 2 aliphatic rings. The normalized spacial score (nSPS) is 18.3. The van der Waals surface area contributed by atoms with Crippen molar-refractivity contribution in [1.82, 2.24) is 9.38 Å². The number of carboxylic acid groups (broad SMARTS) is 1. The second-order valence-corrected chi connectivity index (χ2v) is 8.25. The Morgan fingerprint density at radius 3 is 2.65 bits per heavy atom. The van der Waals surface area contributed by atoms with Gasteiger partial charge in [-0.25, -0.2) is 9.18 Å². The number of halogens is 2. The zero-order valence-corrected chi connectivity index (χ0v) is 17.9. The fourth-order valence-corrected chi connectivity index (χ4v) is 4.71. The van der Waals surface area contributed by atoms with Gasteiger partial charge in [-0.2, -0.15) is 0 Å². The van der Waals surface area contributed by atoms with Gasteiger partial charge in [0.05, 0.1) is 17.4 Å². The van der Waals surface area contributed by atoms with E-state index in [9.17, 15) is 14.7 Å². The lowest BCUT2D eigenvalue weighted by Crippen LogP contribution is -2.27. The molecule has 1 atom stereocenters. The van der Waals surface area contributed by atoms with Crippen LogP contribution in [0.5, 0.6) is 0 Å². The number of aryl methyl sites for hydroxylation is 1. The maximum absolute atomic E-state index is 15.3. The molecular formula is C23H23ClFN3O3. The van der Waals surface area contributed by atoms with Gasteiger partial charge in [-0.05, 0) is 61.4 Å². The molecule has 1 N–H and O–H groups in total. The number of fused-ring (bicyclic) bond motifs is 1. The predicted octanol–water partition coefficient (Wildman–Crippen LogP) is 4.13. The van der Waals surface area contributed by atoms with Crippen molar-refractivity contribution in [2.75, 3.05) is 18.0 Å². The van der Waals surface area contributed by atoms with Crippen molar-refractivity contribution >= 4 is 29.6 Å². The lowest BCUT2D eigenvalue weighted by molar-refractivity contribution is 0.0694.